The molecule has 0 amide bonds. The average molecular weight is 205 g/mol. The number of aromatic nitrogens is 3. The summed E-state index contributed by atoms with van der Waals surface area (Å²) < 4.78 is 0. The van der Waals surface area contributed by atoms with Gasteiger partial charge in [-0.25, -0.2) is 0 Å². The molecule has 0 radical (unpaired) electrons. The molecule has 3 aromatic rings. The second kappa shape index (κ2) is 2.64. The number of nitrogens with zero attached hydrogens (tertiary/aromatic N) is 3. The first-order valence-electron chi connectivity index (χ1n) is 5.17. The molecule has 3 heteroatoms. The molecule has 0 saturated heterocycles. The minimum Gasteiger partial charge on any atom is -0.130 e. The maximum Gasteiger partial charge on any atom is 0.105 e. The van der Waals surface area contributed by atoms with Crippen LogP contribution in [0.4, 0.5) is 0 Å². The van der Waals surface area contributed by atoms with Gasteiger partial charge in [0.05, 0.1) is 5.52 Å². The highest BCUT2D eigenvalue weighted by Crippen LogP contribution is 2.44. The van der Waals surface area contributed by atoms with Gasteiger partial charge in [-0.15, -0.1) is 10.2 Å². The predicted molar refractivity (Wildman–Crippen MR) is 61.8 cm³/mol. The van der Waals surface area contributed by atoms with E-state index in [2.05, 4.69) is 33.6 Å². The molecule has 1 aliphatic rings. The molecule has 0 N–H and O–H groups in total. The van der Waals surface area contributed by atoms with E-state index in [1.54, 1.807) is 0 Å². The van der Waals surface area contributed by atoms with E-state index in [1.807, 2.05) is 24.3 Å². The third kappa shape index (κ3) is 0.810. The summed E-state index contributed by atoms with van der Waals surface area (Å²) in [6.45, 7) is 0. The van der Waals surface area contributed by atoms with E-state index in [0.717, 1.165) is 22.2 Å². The molecule has 3 nitrogen and oxygen atoms in total. The molecule has 4 rings (SSSR count). The summed E-state index contributed by atoms with van der Waals surface area (Å²) in [7, 11) is 0. The molecule has 1 heterocycles. The van der Waals surface area contributed by atoms with E-state index in [-0.39, 0.29) is 0 Å². The van der Waals surface area contributed by atoms with Gasteiger partial charge in [0.15, 0.2) is 0 Å². The van der Waals surface area contributed by atoms with Crippen LogP contribution in [0.15, 0.2) is 42.5 Å². The SMILES string of the molecule is c1ccc2c(c1)-c1cccc3nnnc-2c13. The van der Waals surface area contributed by atoms with E-state index in [1.165, 1.54) is 11.1 Å². The Kier molecular flexibility index (Phi) is 1.31. The molecule has 0 unspecified atom stereocenters. The van der Waals surface area contributed by atoms with Gasteiger partial charge in [0.1, 0.15) is 5.69 Å². The van der Waals surface area contributed by atoms with Crippen LogP contribution in [0.5, 0.6) is 0 Å². The van der Waals surface area contributed by atoms with Gasteiger partial charge < -0.3 is 0 Å². The first-order chi connectivity index (χ1) is 7.95. The zero-order valence-electron chi connectivity index (χ0n) is 8.38. The second-order valence-corrected chi connectivity index (χ2v) is 3.88. The van der Waals surface area contributed by atoms with Gasteiger partial charge in [-0.2, -0.15) is 0 Å². The van der Waals surface area contributed by atoms with Crippen molar-refractivity contribution >= 4 is 10.9 Å². The average Bonchev–Trinajstić information content (AvgIpc) is 2.68. The number of hydrogen-bond acceptors (Lipinski definition) is 3. The van der Waals surface area contributed by atoms with Gasteiger partial charge in [0.2, 0.25) is 0 Å². The highest BCUT2D eigenvalue weighted by atomic mass is 15.3. The first kappa shape index (κ1) is 7.93. The fraction of sp³-hybridized carbons (Fsp3) is 0. The molecule has 0 spiro atoms. The van der Waals surface area contributed by atoms with Crippen molar-refractivity contribution < 1.29 is 0 Å². The van der Waals surface area contributed by atoms with Crippen LogP contribution in [-0.2, 0) is 0 Å². The predicted octanol–water partition coefficient (Wildman–Crippen LogP) is 2.67. The Morgan fingerprint density at radius 1 is 0.688 bits per heavy atom. The Morgan fingerprint density at radius 3 is 2.44 bits per heavy atom. The van der Waals surface area contributed by atoms with Crippen LogP contribution in [0.1, 0.15) is 0 Å². The number of hydrogen-bond donors (Lipinski definition) is 0. The summed E-state index contributed by atoms with van der Waals surface area (Å²) in [5, 5.41) is 13.2. The van der Waals surface area contributed by atoms with Crippen molar-refractivity contribution in [2.24, 2.45) is 0 Å². The van der Waals surface area contributed by atoms with Gasteiger partial charge in [0, 0.05) is 10.9 Å². The smallest absolute Gasteiger partial charge is 0.105 e. The van der Waals surface area contributed by atoms with E-state index < -0.39 is 0 Å². The summed E-state index contributed by atoms with van der Waals surface area (Å²) in [4.78, 5) is 0. The summed E-state index contributed by atoms with van der Waals surface area (Å²) >= 11 is 0. The molecule has 16 heavy (non-hydrogen) atoms. The van der Waals surface area contributed by atoms with E-state index in [4.69, 9.17) is 0 Å². The van der Waals surface area contributed by atoms with Crippen molar-refractivity contribution in [3.8, 4) is 22.4 Å². The van der Waals surface area contributed by atoms with Gasteiger partial charge in [0.25, 0.3) is 0 Å². The standard InChI is InChI=1S/C13H7N3/c1-2-5-10-8(4-1)9-6-3-7-11-12(9)13(10)15-16-14-11/h1-7H. The Morgan fingerprint density at radius 2 is 1.50 bits per heavy atom. The van der Waals surface area contributed by atoms with Crippen LogP contribution in [0.2, 0.25) is 0 Å². The van der Waals surface area contributed by atoms with Crippen LogP contribution in [0.3, 0.4) is 0 Å². The summed E-state index contributed by atoms with van der Waals surface area (Å²) in [5.41, 5.74) is 5.47. The maximum atomic E-state index is 4.16. The summed E-state index contributed by atoms with van der Waals surface area (Å²) in [6, 6.07) is 14.4. The molecule has 0 atom stereocenters. The second-order valence-electron chi connectivity index (χ2n) is 3.88. The van der Waals surface area contributed by atoms with Crippen molar-refractivity contribution in [2.75, 3.05) is 0 Å². The molecular weight excluding hydrogens is 198 g/mol. The normalized spacial score (nSPS) is 11.8. The quantitative estimate of drug-likeness (QED) is 0.443. The molecule has 0 saturated carbocycles. The molecular formula is C13H7N3. The van der Waals surface area contributed by atoms with Gasteiger partial charge in [-0.3, -0.25) is 0 Å². The van der Waals surface area contributed by atoms with Crippen LogP contribution in [-0.4, -0.2) is 15.4 Å². The van der Waals surface area contributed by atoms with Crippen LogP contribution >= 0.6 is 0 Å². The molecule has 1 aliphatic carbocycles. The molecule has 2 aromatic carbocycles. The summed E-state index contributed by atoms with van der Waals surface area (Å²) in [5.74, 6) is 0. The first-order valence-corrected chi connectivity index (χ1v) is 5.17. The molecule has 0 fully saturated rings. The third-order valence-electron chi connectivity index (χ3n) is 3.05. The zero-order valence-corrected chi connectivity index (χ0v) is 8.38. The fourth-order valence-electron chi connectivity index (χ4n) is 2.38. The largest absolute Gasteiger partial charge is 0.130 e. The van der Waals surface area contributed by atoms with Crippen molar-refractivity contribution in [3.05, 3.63) is 42.5 Å². The Bertz CT molecular complexity index is 661. The van der Waals surface area contributed by atoms with Crippen LogP contribution in [0, 0.1) is 0 Å². The van der Waals surface area contributed by atoms with E-state index in [0.29, 0.717) is 0 Å². The Hall–Kier alpha value is -2.29. The Labute approximate surface area is 91.8 Å². The summed E-state index contributed by atoms with van der Waals surface area (Å²) in [6.07, 6.45) is 0. The number of benzene rings is 2. The van der Waals surface area contributed by atoms with Gasteiger partial charge in [-0.05, 0) is 22.4 Å². The number of rotatable bonds is 0. The van der Waals surface area contributed by atoms with Crippen molar-refractivity contribution in [2.45, 2.75) is 0 Å². The highest BCUT2D eigenvalue weighted by molar-refractivity contribution is 6.12. The molecule has 0 aliphatic heterocycles. The van der Waals surface area contributed by atoms with Crippen molar-refractivity contribution in [1.29, 1.82) is 0 Å². The monoisotopic (exact) mass is 205 g/mol. The lowest BCUT2D eigenvalue weighted by atomic mass is 10.1. The molecule has 1 aromatic heterocycles. The highest BCUT2D eigenvalue weighted by Gasteiger charge is 2.22. The molecule has 0 bridgehead atoms. The minimum atomic E-state index is 0.915. The lowest BCUT2D eigenvalue weighted by molar-refractivity contribution is 0.902. The Balaban J connectivity index is 2.31. The lowest BCUT2D eigenvalue weighted by Crippen LogP contribution is -1.89. The zero-order chi connectivity index (χ0) is 10.5. The fourth-order valence-corrected chi connectivity index (χ4v) is 2.38. The van der Waals surface area contributed by atoms with E-state index >= 15 is 0 Å². The third-order valence-corrected chi connectivity index (χ3v) is 3.05. The topological polar surface area (TPSA) is 38.7 Å². The lowest BCUT2D eigenvalue weighted by Gasteiger charge is -1.98. The minimum absolute atomic E-state index is 0.915. The van der Waals surface area contributed by atoms with Crippen molar-refractivity contribution in [3.63, 3.8) is 0 Å². The number of fused-ring (bicyclic) bond motifs is 3. The van der Waals surface area contributed by atoms with Crippen LogP contribution in [0.25, 0.3) is 33.3 Å². The molecule has 74 valence electrons. The van der Waals surface area contributed by atoms with Crippen molar-refractivity contribution in [1.82, 2.24) is 15.4 Å². The van der Waals surface area contributed by atoms with Gasteiger partial charge >= 0.3 is 0 Å². The maximum absolute atomic E-state index is 4.16. The van der Waals surface area contributed by atoms with Crippen LogP contribution < -0.4 is 0 Å². The van der Waals surface area contributed by atoms with Gasteiger partial charge in [-0.1, -0.05) is 36.4 Å². The van der Waals surface area contributed by atoms with E-state index in [9.17, 15) is 0 Å².